The number of hydrogen-bond acceptors (Lipinski definition) is 7. The van der Waals surface area contributed by atoms with Crippen LogP contribution in [0.15, 0.2) is 0 Å². The predicted molar refractivity (Wildman–Crippen MR) is 84.9 cm³/mol. The van der Waals surface area contributed by atoms with E-state index in [1.165, 1.54) is 6.92 Å². The summed E-state index contributed by atoms with van der Waals surface area (Å²) in [7, 11) is 0. The molecule has 7 nitrogen and oxygen atoms in total. The highest BCUT2D eigenvalue weighted by molar-refractivity contribution is 7.18. The number of ether oxygens (including phenoxy) is 2. The van der Waals surface area contributed by atoms with E-state index in [9.17, 15) is 19.2 Å². The number of carbonyl (C=O) groups is 4. The Labute approximate surface area is 138 Å². The molecule has 0 aliphatic carbocycles. The van der Waals surface area contributed by atoms with Crippen molar-refractivity contribution in [3.63, 3.8) is 0 Å². The first-order valence-corrected chi connectivity index (χ1v) is 7.90. The number of thiophene rings is 1. The maximum atomic E-state index is 12.1. The van der Waals surface area contributed by atoms with Crippen molar-refractivity contribution >= 4 is 40.0 Å². The monoisotopic (exact) mass is 341 g/mol. The van der Waals surface area contributed by atoms with Crippen LogP contribution < -0.4 is 5.32 Å². The fraction of sp³-hybridized carbons (Fsp3) is 0.467. The number of rotatable bonds is 7. The zero-order valence-corrected chi connectivity index (χ0v) is 14.3. The van der Waals surface area contributed by atoms with E-state index in [2.05, 4.69) is 5.32 Å². The van der Waals surface area contributed by atoms with Crippen molar-refractivity contribution in [2.24, 2.45) is 0 Å². The molecular formula is C15H19NO6S. The minimum Gasteiger partial charge on any atom is -0.462 e. The van der Waals surface area contributed by atoms with Crippen molar-refractivity contribution in [3.8, 4) is 0 Å². The van der Waals surface area contributed by atoms with Crippen molar-refractivity contribution in [2.75, 3.05) is 18.5 Å². The summed E-state index contributed by atoms with van der Waals surface area (Å²) in [5.41, 5.74) is 0.610. The maximum absolute atomic E-state index is 12.1. The highest BCUT2D eigenvalue weighted by atomic mass is 32.1. The zero-order chi connectivity index (χ0) is 17.6. The van der Waals surface area contributed by atoms with Crippen molar-refractivity contribution in [3.05, 3.63) is 16.0 Å². The third-order valence-electron chi connectivity index (χ3n) is 2.85. The van der Waals surface area contributed by atoms with Crippen molar-refractivity contribution in [2.45, 2.75) is 34.1 Å². The highest BCUT2D eigenvalue weighted by Gasteiger charge is 2.25. The van der Waals surface area contributed by atoms with Crippen LogP contribution in [0.5, 0.6) is 0 Å². The summed E-state index contributed by atoms with van der Waals surface area (Å²) in [6, 6.07) is 0. The van der Waals surface area contributed by atoms with Gasteiger partial charge in [-0.3, -0.25) is 14.4 Å². The number of nitrogens with one attached hydrogen (secondary N) is 1. The molecule has 0 aromatic carbocycles. The van der Waals surface area contributed by atoms with E-state index in [0.717, 1.165) is 11.3 Å². The molecule has 0 aliphatic rings. The lowest BCUT2D eigenvalue weighted by atomic mass is 10.1. The average Bonchev–Trinajstić information content (AvgIpc) is 2.81. The highest BCUT2D eigenvalue weighted by Crippen LogP contribution is 2.34. The van der Waals surface area contributed by atoms with Crippen LogP contribution in [0.1, 0.15) is 52.8 Å². The zero-order valence-electron chi connectivity index (χ0n) is 13.5. The molecule has 0 saturated carbocycles. The smallest absolute Gasteiger partial charge is 0.341 e. The molecule has 1 aromatic rings. The molecule has 0 aliphatic heterocycles. The predicted octanol–water partition coefficient (Wildman–Crippen LogP) is 2.33. The number of Topliss-reactive ketones (excluding diaryl/α,β-unsaturated/α-hetero) is 1. The molecule has 126 valence electrons. The first-order chi connectivity index (χ1) is 10.8. The Morgan fingerprint density at radius 3 is 2.30 bits per heavy atom. The van der Waals surface area contributed by atoms with Gasteiger partial charge >= 0.3 is 11.9 Å². The number of anilines is 1. The van der Waals surface area contributed by atoms with Crippen LogP contribution in [-0.4, -0.2) is 36.8 Å². The second-order valence-corrected chi connectivity index (χ2v) is 5.62. The van der Waals surface area contributed by atoms with E-state index in [4.69, 9.17) is 9.47 Å². The molecule has 1 N–H and O–H groups in total. The van der Waals surface area contributed by atoms with Crippen LogP contribution in [0.25, 0.3) is 0 Å². The Morgan fingerprint density at radius 2 is 1.78 bits per heavy atom. The molecule has 1 heterocycles. The molecule has 0 spiro atoms. The molecule has 0 radical (unpaired) electrons. The number of hydrogen-bond donors (Lipinski definition) is 1. The Morgan fingerprint density at radius 1 is 1.13 bits per heavy atom. The fourth-order valence-electron chi connectivity index (χ4n) is 1.80. The van der Waals surface area contributed by atoms with Gasteiger partial charge in [-0.1, -0.05) is 6.92 Å². The van der Waals surface area contributed by atoms with Crippen molar-refractivity contribution in [1.82, 2.24) is 0 Å². The van der Waals surface area contributed by atoms with Gasteiger partial charge in [-0.05, 0) is 26.3 Å². The summed E-state index contributed by atoms with van der Waals surface area (Å²) < 4.78 is 9.69. The van der Waals surface area contributed by atoms with E-state index >= 15 is 0 Å². The Balaban J connectivity index is 3.02. The lowest BCUT2D eigenvalue weighted by Crippen LogP contribution is -2.21. The van der Waals surface area contributed by atoms with Crippen molar-refractivity contribution < 1.29 is 28.7 Å². The third-order valence-corrected chi connectivity index (χ3v) is 4.16. The quantitative estimate of drug-likeness (QED) is 0.603. The molecule has 0 unspecified atom stereocenters. The molecule has 0 bridgehead atoms. The third kappa shape index (κ3) is 4.88. The van der Waals surface area contributed by atoms with Crippen LogP contribution in [0.4, 0.5) is 5.00 Å². The molecule has 8 heteroatoms. The Hall–Kier alpha value is -2.22. The van der Waals surface area contributed by atoms with E-state index in [1.54, 1.807) is 20.8 Å². The minimum absolute atomic E-state index is 0.150. The molecule has 1 aromatic heterocycles. The first-order valence-electron chi connectivity index (χ1n) is 7.08. The van der Waals surface area contributed by atoms with Gasteiger partial charge in [0, 0.05) is 6.42 Å². The number of carbonyl (C=O) groups excluding carboxylic acids is 4. The number of ketones is 1. The van der Waals surface area contributed by atoms with Gasteiger partial charge in [-0.25, -0.2) is 4.79 Å². The van der Waals surface area contributed by atoms with Crippen LogP contribution in [-0.2, 0) is 19.1 Å². The van der Waals surface area contributed by atoms with E-state index in [1.807, 2.05) is 0 Å². The van der Waals surface area contributed by atoms with Crippen LogP contribution in [0, 0.1) is 6.92 Å². The van der Waals surface area contributed by atoms with E-state index in [0.29, 0.717) is 10.4 Å². The second kappa shape index (κ2) is 8.42. The van der Waals surface area contributed by atoms with Gasteiger partial charge in [0.2, 0.25) is 0 Å². The largest absolute Gasteiger partial charge is 0.462 e. The summed E-state index contributed by atoms with van der Waals surface area (Å²) in [5, 5.41) is 2.71. The fourth-order valence-corrected chi connectivity index (χ4v) is 2.90. The summed E-state index contributed by atoms with van der Waals surface area (Å²) >= 11 is 0.994. The summed E-state index contributed by atoms with van der Waals surface area (Å²) in [6.07, 6.45) is 0.161. The van der Waals surface area contributed by atoms with Crippen LogP contribution in [0.2, 0.25) is 0 Å². The number of esters is 2. The standard InChI is InChI=1S/C15H19NO6S/c1-5-11(19)22-7-10(18)16-14-12(15(20)21-6-2)8(3)13(23-14)9(4)17/h5-7H2,1-4H3,(H,16,18). The van der Waals surface area contributed by atoms with Gasteiger partial charge < -0.3 is 14.8 Å². The topological polar surface area (TPSA) is 98.8 Å². The molecule has 0 atom stereocenters. The van der Waals surface area contributed by atoms with Gasteiger partial charge in [-0.15, -0.1) is 11.3 Å². The molecule has 1 rings (SSSR count). The summed E-state index contributed by atoms with van der Waals surface area (Å²) in [6.45, 7) is 5.98. The number of amides is 1. The normalized spacial score (nSPS) is 10.1. The molecule has 23 heavy (non-hydrogen) atoms. The van der Waals surface area contributed by atoms with Gasteiger partial charge in [0.05, 0.1) is 17.0 Å². The lowest BCUT2D eigenvalue weighted by molar-refractivity contribution is -0.146. The van der Waals surface area contributed by atoms with Gasteiger partial charge in [0.1, 0.15) is 5.00 Å². The maximum Gasteiger partial charge on any atom is 0.341 e. The lowest BCUT2D eigenvalue weighted by Gasteiger charge is -2.07. The van der Waals surface area contributed by atoms with E-state index in [-0.39, 0.29) is 29.4 Å². The van der Waals surface area contributed by atoms with Crippen molar-refractivity contribution in [1.29, 1.82) is 0 Å². The van der Waals surface area contributed by atoms with Gasteiger partial charge in [0.25, 0.3) is 5.91 Å². The molecule has 0 fully saturated rings. The SMILES string of the molecule is CCOC(=O)c1c(NC(=O)COC(=O)CC)sc(C(C)=O)c1C. The first kappa shape index (κ1) is 18.8. The van der Waals surface area contributed by atoms with E-state index < -0.39 is 24.5 Å². The van der Waals surface area contributed by atoms with Crippen LogP contribution in [0.3, 0.4) is 0 Å². The van der Waals surface area contributed by atoms with Crippen LogP contribution >= 0.6 is 11.3 Å². The molecule has 1 amide bonds. The minimum atomic E-state index is -0.616. The summed E-state index contributed by atoms with van der Waals surface area (Å²) in [5.74, 6) is -1.92. The van der Waals surface area contributed by atoms with Gasteiger partial charge in [-0.2, -0.15) is 0 Å². The summed E-state index contributed by atoms with van der Waals surface area (Å²) in [4.78, 5) is 46.9. The average molecular weight is 341 g/mol. The molecule has 0 saturated heterocycles. The van der Waals surface area contributed by atoms with Gasteiger partial charge in [0.15, 0.2) is 12.4 Å². The Bertz CT molecular complexity index is 634. The second-order valence-electron chi connectivity index (χ2n) is 4.60. The Kier molecular flexibility index (Phi) is 6.89. The molecular weight excluding hydrogens is 322 g/mol.